The van der Waals surface area contributed by atoms with Gasteiger partial charge >= 0.3 is 0 Å². The Labute approximate surface area is 128 Å². The fourth-order valence-electron chi connectivity index (χ4n) is 3.08. The molecule has 0 fully saturated rings. The third-order valence-electron chi connectivity index (χ3n) is 4.10. The minimum atomic E-state index is 0.501. The molecule has 4 rings (SSSR count). The third-order valence-corrected chi connectivity index (χ3v) is 5.52. The van der Waals surface area contributed by atoms with Gasteiger partial charge in [0.25, 0.3) is 0 Å². The van der Waals surface area contributed by atoms with Gasteiger partial charge in [-0.25, -0.2) is 0 Å². The normalized spacial score (nSPS) is 18.1. The van der Waals surface area contributed by atoms with Crippen molar-refractivity contribution in [3.8, 4) is 0 Å². The molecule has 2 aliphatic rings. The van der Waals surface area contributed by atoms with Crippen LogP contribution in [0.4, 0.5) is 0 Å². The summed E-state index contributed by atoms with van der Waals surface area (Å²) >= 11 is 1.83. The first-order chi connectivity index (χ1) is 10.2. The van der Waals surface area contributed by atoms with E-state index in [2.05, 4.69) is 48.9 Å². The molecule has 2 aliphatic heterocycles. The zero-order valence-corrected chi connectivity index (χ0v) is 13.3. The van der Waals surface area contributed by atoms with Crippen molar-refractivity contribution >= 4 is 33.6 Å². The standard InChI is InChI=1S/C17H18N2OS/c1-10(2)16-14(19-8-7-18-17(19)21-16)12-5-4-11(3)15-13(12)6-9-20-15/h4-6,9-10H,7-8H2,1-3H3. The van der Waals surface area contributed by atoms with Crippen LogP contribution in [0.15, 0.2) is 38.8 Å². The molecule has 0 aliphatic carbocycles. The van der Waals surface area contributed by atoms with Crippen LogP contribution in [0.5, 0.6) is 0 Å². The van der Waals surface area contributed by atoms with Gasteiger partial charge < -0.3 is 9.32 Å². The highest BCUT2D eigenvalue weighted by molar-refractivity contribution is 8.17. The molecule has 0 amide bonds. The summed E-state index contributed by atoms with van der Waals surface area (Å²) in [7, 11) is 0. The molecule has 108 valence electrons. The van der Waals surface area contributed by atoms with Crippen LogP contribution in [0.3, 0.4) is 0 Å². The highest BCUT2D eigenvalue weighted by atomic mass is 32.2. The number of aryl methyl sites for hydroxylation is 1. The maximum absolute atomic E-state index is 5.68. The van der Waals surface area contributed by atoms with E-state index >= 15 is 0 Å². The van der Waals surface area contributed by atoms with Crippen LogP contribution < -0.4 is 0 Å². The van der Waals surface area contributed by atoms with Gasteiger partial charge in [0, 0.05) is 22.4 Å². The lowest BCUT2D eigenvalue weighted by Crippen LogP contribution is -2.20. The Kier molecular flexibility index (Phi) is 2.89. The van der Waals surface area contributed by atoms with Crippen LogP contribution in [-0.2, 0) is 0 Å². The highest BCUT2D eigenvalue weighted by Crippen LogP contribution is 2.46. The monoisotopic (exact) mass is 298 g/mol. The van der Waals surface area contributed by atoms with E-state index in [1.165, 1.54) is 27.1 Å². The number of allylic oxidation sites excluding steroid dienone is 1. The molecule has 0 N–H and O–H groups in total. The molecule has 0 saturated carbocycles. The van der Waals surface area contributed by atoms with E-state index in [0.717, 1.165) is 23.8 Å². The van der Waals surface area contributed by atoms with Crippen molar-refractivity contribution in [3.63, 3.8) is 0 Å². The average molecular weight is 298 g/mol. The highest BCUT2D eigenvalue weighted by Gasteiger charge is 2.34. The largest absolute Gasteiger partial charge is 0.464 e. The summed E-state index contributed by atoms with van der Waals surface area (Å²) < 4.78 is 5.68. The van der Waals surface area contributed by atoms with Crippen molar-refractivity contribution in [2.45, 2.75) is 20.8 Å². The van der Waals surface area contributed by atoms with Crippen molar-refractivity contribution < 1.29 is 4.42 Å². The molecule has 1 aromatic heterocycles. The van der Waals surface area contributed by atoms with Gasteiger partial charge in [-0.2, -0.15) is 0 Å². The van der Waals surface area contributed by atoms with Gasteiger partial charge in [-0.05, 0) is 24.5 Å². The van der Waals surface area contributed by atoms with Crippen LogP contribution in [0.1, 0.15) is 25.0 Å². The first kappa shape index (κ1) is 13.0. The molecule has 0 atom stereocenters. The molecule has 0 bridgehead atoms. The Hall–Kier alpha value is -1.68. The Balaban J connectivity index is 1.97. The van der Waals surface area contributed by atoms with Gasteiger partial charge in [0.1, 0.15) is 5.58 Å². The lowest BCUT2D eigenvalue weighted by Gasteiger charge is -2.19. The molecule has 0 radical (unpaired) electrons. The zero-order chi connectivity index (χ0) is 14.6. The van der Waals surface area contributed by atoms with Gasteiger partial charge in [-0.3, -0.25) is 4.99 Å². The number of hydrogen-bond acceptors (Lipinski definition) is 4. The van der Waals surface area contributed by atoms with Crippen LogP contribution in [0.25, 0.3) is 16.7 Å². The smallest absolute Gasteiger partial charge is 0.168 e. The second kappa shape index (κ2) is 4.67. The summed E-state index contributed by atoms with van der Waals surface area (Å²) in [5.41, 5.74) is 4.79. The number of amidine groups is 1. The van der Waals surface area contributed by atoms with E-state index in [1.807, 2.05) is 11.8 Å². The summed E-state index contributed by atoms with van der Waals surface area (Å²) in [5, 5.41) is 2.36. The Morgan fingerprint density at radius 2 is 2.14 bits per heavy atom. The first-order valence-corrected chi connectivity index (χ1v) is 8.19. The molecule has 2 aromatic rings. The Morgan fingerprint density at radius 1 is 1.29 bits per heavy atom. The summed E-state index contributed by atoms with van der Waals surface area (Å²) in [6, 6.07) is 6.47. The molecule has 4 heteroatoms. The average Bonchev–Trinajstić information content (AvgIpc) is 3.13. The Bertz CT molecular complexity index is 785. The number of furan rings is 1. The minimum Gasteiger partial charge on any atom is -0.464 e. The zero-order valence-electron chi connectivity index (χ0n) is 12.5. The number of benzene rings is 1. The number of nitrogens with zero attached hydrogens (tertiary/aromatic N) is 2. The summed E-state index contributed by atoms with van der Waals surface area (Å²) in [5.74, 6) is 0.501. The fraction of sp³-hybridized carbons (Fsp3) is 0.353. The van der Waals surface area contributed by atoms with Crippen molar-refractivity contribution in [1.82, 2.24) is 4.90 Å². The third kappa shape index (κ3) is 1.85. The molecule has 0 spiro atoms. The topological polar surface area (TPSA) is 28.7 Å². The second-order valence-corrected chi connectivity index (χ2v) is 6.89. The summed E-state index contributed by atoms with van der Waals surface area (Å²) in [4.78, 5) is 8.42. The number of aliphatic imine (C=N–C) groups is 1. The van der Waals surface area contributed by atoms with Gasteiger partial charge in [-0.15, -0.1) is 0 Å². The molecule has 1 aromatic carbocycles. The summed E-state index contributed by atoms with van der Waals surface area (Å²) in [6.45, 7) is 8.50. The van der Waals surface area contributed by atoms with Gasteiger partial charge in [0.2, 0.25) is 0 Å². The fourth-order valence-corrected chi connectivity index (χ4v) is 4.28. The van der Waals surface area contributed by atoms with Crippen molar-refractivity contribution in [1.29, 1.82) is 0 Å². The lowest BCUT2D eigenvalue weighted by molar-refractivity contribution is 0.613. The molecule has 0 unspecified atom stereocenters. The maximum Gasteiger partial charge on any atom is 0.168 e. The number of rotatable bonds is 2. The van der Waals surface area contributed by atoms with Crippen LogP contribution >= 0.6 is 11.8 Å². The van der Waals surface area contributed by atoms with E-state index in [-0.39, 0.29) is 0 Å². The van der Waals surface area contributed by atoms with Crippen LogP contribution in [0, 0.1) is 12.8 Å². The van der Waals surface area contributed by atoms with Gasteiger partial charge in [-0.1, -0.05) is 37.7 Å². The van der Waals surface area contributed by atoms with Gasteiger partial charge in [0.15, 0.2) is 5.17 Å². The SMILES string of the molecule is Cc1ccc(C2=C(C(C)C)SC3=NCCN32)c2ccoc12. The quantitative estimate of drug-likeness (QED) is 0.818. The van der Waals surface area contributed by atoms with E-state index < -0.39 is 0 Å². The van der Waals surface area contributed by atoms with Gasteiger partial charge in [0.05, 0.1) is 18.5 Å². The van der Waals surface area contributed by atoms with Crippen LogP contribution in [0.2, 0.25) is 0 Å². The van der Waals surface area contributed by atoms with Crippen molar-refractivity contribution in [3.05, 3.63) is 40.5 Å². The molecule has 0 saturated heterocycles. The van der Waals surface area contributed by atoms with Crippen molar-refractivity contribution in [2.75, 3.05) is 13.1 Å². The molecule has 3 heterocycles. The lowest BCUT2D eigenvalue weighted by atomic mass is 10.0. The van der Waals surface area contributed by atoms with E-state index in [9.17, 15) is 0 Å². The van der Waals surface area contributed by atoms with Crippen molar-refractivity contribution in [2.24, 2.45) is 10.9 Å². The number of hydrogen-bond donors (Lipinski definition) is 0. The molecule has 3 nitrogen and oxygen atoms in total. The van der Waals surface area contributed by atoms with E-state index in [1.54, 1.807) is 6.26 Å². The van der Waals surface area contributed by atoms with Crippen LogP contribution in [-0.4, -0.2) is 23.2 Å². The minimum absolute atomic E-state index is 0.501. The summed E-state index contributed by atoms with van der Waals surface area (Å²) in [6.07, 6.45) is 1.79. The van der Waals surface area contributed by atoms with E-state index in [4.69, 9.17) is 4.42 Å². The Morgan fingerprint density at radius 3 is 2.95 bits per heavy atom. The molecular weight excluding hydrogens is 280 g/mol. The number of fused-ring (bicyclic) bond motifs is 2. The predicted octanol–water partition coefficient (Wildman–Crippen LogP) is 4.48. The predicted molar refractivity (Wildman–Crippen MR) is 89.3 cm³/mol. The van der Waals surface area contributed by atoms with E-state index in [0.29, 0.717) is 5.92 Å². The second-order valence-electron chi connectivity index (χ2n) is 5.88. The molecule has 21 heavy (non-hydrogen) atoms. The first-order valence-electron chi connectivity index (χ1n) is 7.38. The number of thioether (sulfide) groups is 1. The maximum atomic E-state index is 5.68. The molecular formula is C17H18N2OS.